The largest absolute Gasteiger partial charge is 0.508 e. The molecule has 2 rings (SSSR count). The fourth-order valence-corrected chi connectivity index (χ4v) is 1.71. The minimum atomic E-state index is -0.293. The van der Waals surface area contributed by atoms with E-state index < -0.39 is 0 Å². The number of anilines is 1. The summed E-state index contributed by atoms with van der Waals surface area (Å²) in [5, 5.41) is 25.0. The maximum absolute atomic E-state index is 12.0. The first kappa shape index (κ1) is 13.1. The summed E-state index contributed by atoms with van der Waals surface area (Å²) < 4.78 is 1.54. The van der Waals surface area contributed by atoms with E-state index in [9.17, 15) is 9.90 Å². The summed E-state index contributed by atoms with van der Waals surface area (Å²) in [6, 6.07) is 7.69. The van der Waals surface area contributed by atoms with Crippen LogP contribution >= 0.6 is 0 Å². The van der Waals surface area contributed by atoms with E-state index in [-0.39, 0.29) is 18.3 Å². The molecule has 0 aliphatic heterocycles. The van der Waals surface area contributed by atoms with Crippen LogP contribution in [0.25, 0.3) is 0 Å². The molecule has 1 aromatic heterocycles. The summed E-state index contributed by atoms with van der Waals surface area (Å²) in [6.45, 7) is 2.08. The standard InChI is InChI=1S/C13H15N3O3/c1-9-8-12(16(15-9)6-7-17)14-13(19)10-2-4-11(18)5-3-10/h2-5,8,17-18H,6-7H2,1H3,(H,14,19). The van der Waals surface area contributed by atoms with Crippen molar-refractivity contribution in [3.63, 3.8) is 0 Å². The van der Waals surface area contributed by atoms with Crippen LogP contribution in [-0.2, 0) is 6.54 Å². The van der Waals surface area contributed by atoms with Gasteiger partial charge in [-0.15, -0.1) is 0 Å². The molecule has 0 bridgehead atoms. The number of aromatic hydroxyl groups is 1. The van der Waals surface area contributed by atoms with Gasteiger partial charge in [-0.2, -0.15) is 5.10 Å². The first-order chi connectivity index (χ1) is 9.10. The number of hydrogen-bond donors (Lipinski definition) is 3. The van der Waals surface area contributed by atoms with Crippen molar-refractivity contribution in [3.05, 3.63) is 41.6 Å². The highest BCUT2D eigenvalue weighted by molar-refractivity contribution is 6.03. The lowest BCUT2D eigenvalue weighted by atomic mass is 10.2. The molecule has 0 saturated carbocycles. The highest BCUT2D eigenvalue weighted by atomic mass is 16.3. The van der Waals surface area contributed by atoms with Gasteiger partial charge in [0.2, 0.25) is 0 Å². The van der Waals surface area contributed by atoms with Gasteiger partial charge in [0.1, 0.15) is 11.6 Å². The minimum Gasteiger partial charge on any atom is -0.508 e. The Hall–Kier alpha value is -2.34. The number of nitrogens with zero attached hydrogens (tertiary/aromatic N) is 2. The van der Waals surface area contributed by atoms with Crippen molar-refractivity contribution in [2.24, 2.45) is 0 Å². The van der Waals surface area contributed by atoms with Gasteiger partial charge >= 0.3 is 0 Å². The Morgan fingerprint density at radius 3 is 2.68 bits per heavy atom. The van der Waals surface area contributed by atoms with Gasteiger partial charge in [-0.1, -0.05) is 0 Å². The monoisotopic (exact) mass is 261 g/mol. The molecule has 0 spiro atoms. The highest BCUT2D eigenvalue weighted by Crippen LogP contribution is 2.14. The minimum absolute atomic E-state index is 0.0524. The number of aliphatic hydroxyl groups excluding tert-OH is 1. The maximum atomic E-state index is 12.0. The van der Waals surface area contributed by atoms with Crippen molar-refractivity contribution in [1.82, 2.24) is 9.78 Å². The average Bonchev–Trinajstić information content (AvgIpc) is 2.71. The van der Waals surface area contributed by atoms with Crippen LogP contribution in [0.1, 0.15) is 16.1 Å². The van der Waals surface area contributed by atoms with E-state index in [1.807, 2.05) is 6.92 Å². The predicted octanol–water partition coefficient (Wildman–Crippen LogP) is 1.14. The van der Waals surface area contributed by atoms with Crippen molar-refractivity contribution in [2.75, 3.05) is 11.9 Å². The molecule has 1 amide bonds. The number of rotatable bonds is 4. The van der Waals surface area contributed by atoms with Crippen molar-refractivity contribution in [3.8, 4) is 5.75 Å². The third kappa shape index (κ3) is 3.11. The molecule has 0 fully saturated rings. The second-order valence-electron chi connectivity index (χ2n) is 4.12. The summed E-state index contributed by atoms with van der Waals surface area (Å²) in [6.07, 6.45) is 0. The van der Waals surface area contributed by atoms with Crippen LogP contribution in [0, 0.1) is 6.92 Å². The Kier molecular flexibility index (Phi) is 3.82. The average molecular weight is 261 g/mol. The lowest BCUT2D eigenvalue weighted by Crippen LogP contribution is -2.16. The molecule has 100 valence electrons. The highest BCUT2D eigenvalue weighted by Gasteiger charge is 2.10. The Balaban J connectivity index is 2.16. The lowest BCUT2D eigenvalue weighted by molar-refractivity contribution is 0.102. The Bertz CT molecular complexity index is 575. The number of nitrogens with one attached hydrogen (secondary N) is 1. The number of carbonyl (C=O) groups excluding carboxylic acids is 1. The van der Waals surface area contributed by atoms with Gasteiger partial charge in [0, 0.05) is 11.6 Å². The number of hydrogen-bond acceptors (Lipinski definition) is 4. The number of amides is 1. The number of aliphatic hydroxyl groups is 1. The summed E-state index contributed by atoms with van der Waals surface area (Å²) in [7, 11) is 0. The molecule has 2 aromatic rings. The zero-order valence-corrected chi connectivity index (χ0v) is 10.5. The molecule has 3 N–H and O–H groups in total. The zero-order chi connectivity index (χ0) is 13.8. The fraction of sp³-hybridized carbons (Fsp3) is 0.231. The molecule has 1 heterocycles. The molecule has 6 heteroatoms. The molecular formula is C13H15N3O3. The molecular weight excluding hydrogens is 246 g/mol. The lowest BCUT2D eigenvalue weighted by Gasteiger charge is -2.07. The van der Waals surface area contributed by atoms with Crippen LogP contribution in [0.4, 0.5) is 5.82 Å². The van der Waals surface area contributed by atoms with Gasteiger partial charge in [-0.25, -0.2) is 4.68 Å². The van der Waals surface area contributed by atoms with Crippen LogP contribution in [0.2, 0.25) is 0 Å². The van der Waals surface area contributed by atoms with Crippen LogP contribution in [0.5, 0.6) is 5.75 Å². The van der Waals surface area contributed by atoms with Gasteiger partial charge in [-0.3, -0.25) is 4.79 Å². The predicted molar refractivity (Wildman–Crippen MR) is 70.1 cm³/mol. The molecule has 0 radical (unpaired) electrons. The van der Waals surface area contributed by atoms with Gasteiger partial charge < -0.3 is 15.5 Å². The molecule has 0 saturated heterocycles. The van der Waals surface area contributed by atoms with E-state index in [2.05, 4.69) is 10.4 Å². The fourth-order valence-electron chi connectivity index (χ4n) is 1.71. The SMILES string of the molecule is Cc1cc(NC(=O)c2ccc(O)cc2)n(CCO)n1. The van der Waals surface area contributed by atoms with Gasteiger partial charge in [0.05, 0.1) is 18.8 Å². The molecule has 0 unspecified atom stereocenters. The number of phenolic OH excluding ortho intramolecular Hbond substituents is 1. The van der Waals surface area contributed by atoms with Crippen LogP contribution in [-0.4, -0.2) is 32.5 Å². The Labute approximate surface area is 110 Å². The van der Waals surface area contributed by atoms with E-state index in [1.165, 1.54) is 28.9 Å². The summed E-state index contributed by atoms with van der Waals surface area (Å²) in [5.74, 6) is 0.349. The van der Waals surface area contributed by atoms with Crippen molar-refractivity contribution < 1.29 is 15.0 Å². The maximum Gasteiger partial charge on any atom is 0.256 e. The summed E-state index contributed by atoms with van der Waals surface area (Å²) in [4.78, 5) is 12.0. The second-order valence-corrected chi connectivity index (χ2v) is 4.12. The summed E-state index contributed by atoms with van der Waals surface area (Å²) >= 11 is 0. The smallest absolute Gasteiger partial charge is 0.256 e. The topological polar surface area (TPSA) is 87.4 Å². The summed E-state index contributed by atoms with van der Waals surface area (Å²) in [5.41, 5.74) is 1.20. The molecule has 0 atom stereocenters. The quantitative estimate of drug-likeness (QED) is 0.770. The van der Waals surface area contributed by atoms with E-state index in [1.54, 1.807) is 6.07 Å². The van der Waals surface area contributed by atoms with E-state index in [0.29, 0.717) is 17.9 Å². The first-order valence-electron chi connectivity index (χ1n) is 5.86. The van der Waals surface area contributed by atoms with Crippen LogP contribution < -0.4 is 5.32 Å². The van der Waals surface area contributed by atoms with Crippen LogP contribution in [0.15, 0.2) is 30.3 Å². The van der Waals surface area contributed by atoms with Gasteiger partial charge in [-0.05, 0) is 31.2 Å². The van der Waals surface area contributed by atoms with E-state index >= 15 is 0 Å². The normalized spacial score (nSPS) is 10.4. The third-order valence-corrected chi connectivity index (χ3v) is 2.59. The number of carbonyl (C=O) groups is 1. The molecule has 1 aromatic carbocycles. The number of aromatic nitrogens is 2. The molecule has 0 aliphatic rings. The van der Waals surface area contributed by atoms with E-state index in [0.717, 1.165) is 5.69 Å². The number of aryl methyl sites for hydroxylation is 1. The Morgan fingerprint density at radius 1 is 1.37 bits per heavy atom. The van der Waals surface area contributed by atoms with E-state index in [4.69, 9.17) is 5.11 Å². The Morgan fingerprint density at radius 2 is 2.05 bits per heavy atom. The first-order valence-corrected chi connectivity index (χ1v) is 5.86. The van der Waals surface area contributed by atoms with Gasteiger partial charge in [0.15, 0.2) is 0 Å². The molecule has 0 aliphatic carbocycles. The van der Waals surface area contributed by atoms with Crippen LogP contribution in [0.3, 0.4) is 0 Å². The van der Waals surface area contributed by atoms with Crippen molar-refractivity contribution >= 4 is 11.7 Å². The third-order valence-electron chi connectivity index (χ3n) is 2.59. The molecule has 19 heavy (non-hydrogen) atoms. The zero-order valence-electron chi connectivity index (χ0n) is 10.5. The van der Waals surface area contributed by atoms with Crippen molar-refractivity contribution in [2.45, 2.75) is 13.5 Å². The number of phenols is 1. The number of benzene rings is 1. The second kappa shape index (κ2) is 5.53. The molecule has 6 nitrogen and oxygen atoms in total. The van der Waals surface area contributed by atoms with Gasteiger partial charge in [0.25, 0.3) is 5.91 Å². The van der Waals surface area contributed by atoms with Crippen molar-refractivity contribution in [1.29, 1.82) is 0 Å².